The van der Waals surface area contributed by atoms with Crippen LogP contribution in [0, 0.1) is 25.1 Å². The van der Waals surface area contributed by atoms with Gasteiger partial charge in [0.2, 0.25) is 0 Å². The Kier molecular flexibility index (Phi) is 18.5. The van der Waals surface area contributed by atoms with E-state index in [0.29, 0.717) is 6.07 Å². The second-order valence-corrected chi connectivity index (χ2v) is 18.1. The Labute approximate surface area is 259 Å². The second kappa shape index (κ2) is 20.6. The molecule has 0 amide bonds. The maximum atomic E-state index is 13.8. The third-order valence-corrected chi connectivity index (χ3v) is 15.2. The molecule has 1 N–H and O–H groups in total. The van der Waals surface area contributed by atoms with Crippen molar-refractivity contribution in [1.29, 1.82) is 0 Å². The minimum absolute atomic E-state index is 0.189. The van der Waals surface area contributed by atoms with Gasteiger partial charge in [-0.15, -0.1) is 0 Å². The zero-order valence-corrected chi connectivity index (χ0v) is 28.3. The normalized spacial score (nSPS) is 12.5. The molecule has 0 radical (unpaired) electrons. The minimum atomic E-state index is -3.21. The molecular weight excluding hydrogens is 569 g/mol. The van der Waals surface area contributed by atoms with Crippen LogP contribution in [0.2, 0.25) is 0 Å². The summed E-state index contributed by atoms with van der Waals surface area (Å²) in [7, 11) is 0. The van der Waals surface area contributed by atoms with E-state index in [2.05, 4.69) is 27.7 Å². The van der Waals surface area contributed by atoms with Gasteiger partial charge >= 0.3 is 246 Å². The zero-order chi connectivity index (χ0) is 32.2. The number of nitro groups is 2. The number of non-ortho nitro benzene ring substituents is 1. The molecule has 0 unspecified atom stereocenters. The molecule has 248 valence electrons. The van der Waals surface area contributed by atoms with E-state index < -0.39 is 39.5 Å². The summed E-state index contributed by atoms with van der Waals surface area (Å²) in [6.45, 7) is 5.36. The summed E-state index contributed by atoms with van der Waals surface area (Å²) in [5.41, 5.74) is -2.10. The van der Waals surface area contributed by atoms with Crippen LogP contribution < -0.4 is 0 Å². The van der Waals surface area contributed by atoms with Crippen LogP contribution in [0.1, 0.15) is 143 Å². The summed E-state index contributed by atoms with van der Waals surface area (Å²) in [5, 5.41) is 33.7. The fourth-order valence-electron chi connectivity index (χ4n) is 6.09. The first-order chi connectivity index (χ1) is 20.6. The van der Waals surface area contributed by atoms with E-state index in [1.807, 2.05) is 0 Å². The molecule has 0 aliphatic heterocycles. The second-order valence-electron chi connectivity index (χ2n) is 12.4. The van der Waals surface area contributed by atoms with Crippen molar-refractivity contribution in [2.75, 3.05) is 24.6 Å². The van der Waals surface area contributed by atoms with Crippen molar-refractivity contribution in [3.63, 3.8) is 0 Å². The molecule has 1 rings (SSSR count). The molecule has 0 aliphatic carbocycles. The number of nitrogens with zero attached hydrogens (tertiary/aromatic N) is 3. The fourth-order valence-corrected chi connectivity index (χ4v) is 12.6. The SMILES string of the molecule is CCCCCCCCCCCCCCP(CCCC)(CCCC)(CCCC)O[N+](=O)c1cc([N+](=O)[O-])cc([N+](=O)[O-])c1O. The molecule has 0 bridgehead atoms. The van der Waals surface area contributed by atoms with Gasteiger partial charge in [-0.05, 0) is 0 Å². The third-order valence-electron chi connectivity index (χ3n) is 8.77. The Bertz CT molecular complexity index is 981. The number of hydrogen-bond donors (Lipinski definition) is 1. The van der Waals surface area contributed by atoms with E-state index in [1.165, 1.54) is 57.8 Å². The average Bonchev–Trinajstić information content (AvgIpc) is 2.98. The standard InChI is InChI=1S/C32H58N3O7P/c1-5-9-13-14-15-16-17-18-19-20-21-22-26-43(23-10-6-2,24-11-7-3,25-12-8-4)42-35(41)31-28-29(33(37)38)27-30(32(31)36)34(39)40/h27-28H,5-26H2,1-4H3/p+1. The van der Waals surface area contributed by atoms with Gasteiger partial charge in [0.25, 0.3) is 0 Å². The number of nitro benzene ring substituents is 2. The van der Waals surface area contributed by atoms with E-state index >= 15 is 0 Å². The van der Waals surface area contributed by atoms with Gasteiger partial charge in [0, 0.05) is 0 Å². The van der Waals surface area contributed by atoms with Crippen LogP contribution in [0.3, 0.4) is 0 Å². The molecule has 1 aromatic carbocycles. The first-order valence-corrected chi connectivity index (χ1v) is 19.8. The Morgan fingerprint density at radius 2 is 0.953 bits per heavy atom. The van der Waals surface area contributed by atoms with Crippen molar-refractivity contribution in [2.24, 2.45) is 0 Å². The van der Waals surface area contributed by atoms with Gasteiger partial charge in [0.1, 0.15) is 0 Å². The van der Waals surface area contributed by atoms with Gasteiger partial charge in [-0.25, -0.2) is 0 Å². The van der Waals surface area contributed by atoms with E-state index in [9.17, 15) is 30.2 Å². The summed E-state index contributed by atoms with van der Waals surface area (Å²) in [6.07, 6.45) is 23.3. The topological polar surface area (TPSA) is 136 Å². The number of phenolic OH excluding ortho intramolecular Hbond substituents is 1. The molecule has 10 nitrogen and oxygen atoms in total. The van der Waals surface area contributed by atoms with Crippen LogP contribution in [-0.4, -0.2) is 44.5 Å². The average molecular weight is 629 g/mol. The molecule has 1 aromatic rings. The first kappa shape index (κ1) is 38.7. The number of phenols is 1. The number of unbranched alkanes of at least 4 members (excludes halogenated alkanes) is 14. The van der Waals surface area contributed by atoms with Crippen LogP contribution in [0.4, 0.5) is 17.1 Å². The van der Waals surface area contributed by atoms with E-state index in [4.69, 9.17) is 4.62 Å². The van der Waals surface area contributed by atoms with Gasteiger partial charge in [0.05, 0.1) is 0 Å². The van der Waals surface area contributed by atoms with Gasteiger partial charge in [0.15, 0.2) is 0 Å². The molecule has 0 atom stereocenters. The van der Waals surface area contributed by atoms with Gasteiger partial charge in [-0.3, -0.25) is 0 Å². The number of aromatic hydroxyl groups is 1. The maximum absolute atomic E-state index is 13.8. The van der Waals surface area contributed by atoms with Crippen LogP contribution in [0.25, 0.3) is 0 Å². The van der Waals surface area contributed by atoms with Gasteiger partial charge < -0.3 is 0 Å². The molecule has 0 fully saturated rings. The van der Waals surface area contributed by atoms with Crippen molar-refractivity contribution in [2.45, 2.75) is 143 Å². The number of rotatable bonds is 27. The molecule has 0 aliphatic rings. The third kappa shape index (κ3) is 13.0. The van der Waals surface area contributed by atoms with E-state index in [1.54, 1.807) is 0 Å². The number of hydrogen-bond acceptors (Lipinski definition) is 7. The summed E-state index contributed by atoms with van der Waals surface area (Å²) < 4.78 is 6.57. The molecule has 0 heterocycles. The molecule has 11 heteroatoms. The summed E-state index contributed by atoms with van der Waals surface area (Å²) >= 11 is 0. The zero-order valence-electron chi connectivity index (χ0n) is 27.4. The molecule has 0 spiro atoms. The fraction of sp³-hybridized carbons (Fsp3) is 0.812. The Morgan fingerprint density at radius 1 is 0.581 bits per heavy atom. The van der Waals surface area contributed by atoms with E-state index in [0.717, 1.165) is 88.5 Å². The predicted octanol–water partition coefficient (Wildman–Crippen LogP) is 11.1. The summed E-state index contributed by atoms with van der Waals surface area (Å²) in [5.74, 6) is -0.908. The molecule has 43 heavy (non-hydrogen) atoms. The van der Waals surface area contributed by atoms with Crippen molar-refractivity contribution in [3.05, 3.63) is 37.3 Å². The van der Waals surface area contributed by atoms with Crippen molar-refractivity contribution >= 4 is 23.9 Å². The predicted molar refractivity (Wildman–Crippen MR) is 178 cm³/mol. The summed E-state index contributed by atoms with van der Waals surface area (Å²) in [4.78, 5) is 35.3. The van der Waals surface area contributed by atoms with Gasteiger partial charge in [-0.1, -0.05) is 13.3 Å². The molecule has 0 aromatic heterocycles. The molecular formula is C32H59N3O7P+. The van der Waals surface area contributed by atoms with E-state index in [-0.39, 0.29) is 4.92 Å². The van der Waals surface area contributed by atoms with Crippen LogP contribution in [0.5, 0.6) is 5.75 Å². The first-order valence-electron chi connectivity index (χ1n) is 16.9. The van der Waals surface area contributed by atoms with Crippen LogP contribution in [-0.2, 0) is 4.62 Å². The Hall–Kier alpha value is -2.35. The quantitative estimate of drug-likeness (QED) is 0.0443. The molecule has 0 saturated heterocycles. The Morgan fingerprint density at radius 3 is 1.35 bits per heavy atom. The molecule has 0 saturated carbocycles. The van der Waals surface area contributed by atoms with Crippen LogP contribution >= 0.6 is 6.83 Å². The van der Waals surface area contributed by atoms with Crippen molar-refractivity contribution < 1.29 is 24.5 Å². The van der Waals surface area contributed by atoms with Crippen LogP contribution in [0.15, 0.2) is 12.1 Å². The number of benzene rings is 1. The summed E-state index contributed by atoms with van der Waals surface area (Å²) in [6, 6.07) is 1.55. The Balaban J connectivity index is 3.19. The van der Waals surface area contributed by atoms with Gasteiger partial charge in [-0.2, -0.15) is 0 Å². The van der Waals surface area contributed by atoms with Crippen molar-refractivity contribution in [1.82, 2.24) is 0 Å². The van der Waals surface area contributed by atoms with Crippen molar-refractivity contribution in [3.8, 4) is 5.75 Å². The monoisotopic (exact) mass is 628 g/mol.